The van der Waals surface area contributed by atoms with Crippen molar-refractivity contribution in [2.75, 3.05) is 4.72 Å². The van der Waals surface area contributed by atoms with E-state index in [4.69, 9.17) is 9.97 Å². The molecule has 0 amide bonds. The Morgan fingerprint density at radius 2 is 1.27 bits per heavy atom. The van der Waals surface area contributed by atoms with Crippen LogP contribution in [0.5, 0.6) is 0 Å². The summed E-state index contributed by atoms with van der Waals surface area (Å²) in [5, 5.41) is 1.62. The Morgan fingerprint density at radius 1 is 0.667 bits per heavy atom. The van der Waals surface area contributed by atoms with Crippen molar-refractivity contribution in [3.05, 3.63) is 132 Å². The van der Waals surface area contributed by atoms with Crippen molar-refractivity contribution in [1.29, 1.82) is 0 Å². The predicted molar refractivity (Wildman–Crippen MR) is 177 cm³/mol. The first-order valence-corrected chi connectivity index (χ1v) is 17.3. The van der Waals surface area contributed by atoms with E-state index in [9.17, 15) is 16.8 Å². The van der Waals surface area contributed by atoms with Gasteiger partial charge < -0.3 is 4.57 Å². The number of benzene rings is 5. The summed E-state index contributed by atoms with van der Waals surface area (Å²) in [4.78, 5) is 9.41. The molecule has 224 valence electrons. The lowest BCUT2D eigenvalue weighted by Crippen LogP contribution is -2.20. The third-order valence-electron chi connectivity index (χ3n) is 7.98. The molecule has 0 bridgehead atoms. The molecule has 0 saturated carbocycles. The van der Waals surface area contributed by atoms with Gasteiger partial charge in [0.1, 0.15) is 16.2 Å². The van der Waals surface area contributed by atoms with Gasteiger partial charge in [-0.25, -0.2) is 26.8 Å². The summed E-state index contributed by atoms with van der Waals surface area (Å²) in [7, 11) is -8.62. The van der Waals surface area contributed by atoms with Gasteiger partial charge in [0.05, 0.1) is 26.9 Å². The fraction of sp³-hybridized carbons (Fsp3) is 0.0857. The van der Waals surface area contributed by atoms with E-state index in [1.807, 2.05) is 74.5 Å². The van der Waals surface area contributed by atoms with Crippen molar-refractivity contribution in [1.82, 2.24) is 14.5 Å². The second-order valence-electron chi connectivity index (χ2n) is 10.9. The molecule has 7 aromatic rings. The Labute approximate surface area is 261 Å². The largest absolute Gasteiger partial charge is 0.302 e. The molecule has 0 radical (unpaired) electrons. The number of aryl methyl sites for hydroxylation is 1. The van der Waals surface area contributed by atoms with Gasteiger partial charge in [0.15, 0.2) is 5.65 Å². The molecule has 0 aliphatic carbocycles. The molecule has 0 aliphatic heterocycles. The minimum Gasteiger partial charge on any atom is -0.302 e. The van der Waals surface area contributed by atoms with Crippen LogP contribution in [-0.4, -0.2) is 31.4 Å². The van der Waals surface area contributed by atoms with Gasteiger partial charge in [-0.1, -0.05) is 90.5 Å². The Kier molecular flexibility index (Phi) is 6.91. The molecule has 0 unspecified atom stereocenters. The average Bonchev–Trinajstić information content (AvgIpc) is 3.36. The quantitative estimate of drug-likeness (QED) is 0.198. The summed E-state index contributed by atoms with van der Waals surface area (Å²) in [6.45, 7) is 3.74. The maximum absolute atomic E-state index is 14.6. The third-order valence-corrected chi connectivity index (χ3v) is 11.1. The highest BCUT2D eigenvalue weighted by Gasteiger charge is 2.35. The molecule has 0 fully saturated rings. The summed E-state index contributed by atoms with van der Waals surface area (Å²) in [6, 6.07) is 34.8. The van der Waals surface area contributed by atoms with Crippen molar-refractivity contribution in [2.45, 2.75) is 34.6 Å². The van der Waals surface area contributed by atoms with E-state index in [-0.39, 0.29) is 31.7 Å². The molecule has 10 heteroatoms. The summed E-state index contributed by atoms with van der Waals surface area (Å²) in [6.07, 6.45) is 0. The van der Waals surface area contributed by atoms with Crippen molar-refractivity contribution in [3.63, 3.8) is 0 Å². The van der Waals surface area contributed by atoms with Crippen LogP contribution in [0.2, 0.25) is 0 Å². The third kappa shape index (κ3) is 5.01. The van der Waals surface area contributed by atoms with Crippen LogP contribution >= 0.6 is 0 Å². The lowest BCUT2D eigenvalue weighted by Gasteiger charge is -2.20. The maximum atomic E-state index is 14.6. The number of nitrogens with one attached hydrogen (secondary N) is 1. The van der Waals surface area contributed by atoms with E-state index >= 15 is 0 Å². The predicted octanol–water partition coefficient (Wildman–Crippen LogP) is 7.29. The number of sulfone groups is 1. The van der Waals surface area contributed by atoms with E-state index in [0.29, 0.717) is 11.0 Å². The normalized spacial score (nSPS) is 12.9. The van der Waals surface area contributed by atoms with E-state index in [0.717, 1.165) is 21.9 Å². The number of hydrogen-bond acceptors (Lipinski definition) is 6. The summed E-state index contributed by atoms with van der Waals surface area (Å²) >= 11 is 0. The number of rotatable bonds is 7. The second kappa shape index (κ2) is 10.8. The molecule has 0 saturated heterocycles. The molecular formula is C35H28N4O4S2. The number of sulfonamides is 1. The van der Waals surface area contributed by atoms with E-state index in [1.54, 1.807) is 47.0 Å². The highest BCUT2D eigenvalue weighted by molar-refractivity contribution is 7.93. The zero-order valence-corrected chi connectivity index (χ0v) is 26.0. The molecular weight excluding hydrogens is 605 g/mol. The molecule has 0 spiro atoms. The SMILES string of the molecule is Cc1ccc(S(=O)(=O)c2c(NS(=O)(=O)c3ccc4ccccc4c3)n([C@H](C)c3ccccc3)c3nc4ccccc4nc23)cc1. The zero-order valence-electron chi connectivity index (χ0n) is 24.4. The fourth-order valence-electron chi connectivity index (χ4n) is 5.60. The van der Waals surface area contributed by atoms with Crippen molar-refractivity contribution < 1.29 is 16.8 Å². The highest BCUT2D eigenvalue weighted by Crippen LogP contribution is 2.41. The number of aromatic nitrogens is 3. The van der Waals surface area contributed by atoms with Gasteiger partial charge in [-0.15, -0.1) is 0 Å². The van der Waals surface area contributed by atoms with Crippen molar-refractivity contribution >= 4 is 58.6 Å². The Bertz CT molecular complexity index is 2460. The fourth-order valence-corrected chi connectivity index (χ4v) is 8.29. The second-order valence-corrected chi connectivity index (χ2v) is 14.5. The van der Waals surface area contributed by atoms with Crippen LogP contribution in [0.3, 0.4) is 0 Å². The minimum atomic E-state index is -4.32. The van der Waals surface area contributed by atoms with E-state index < -0.39 is 25.9 Å². The number of anilines is 1. The first-order chi connectivity index (χ1) is 21.6. The number of fused-ring (bicyclic) bond motifs is 3. The molecule has 1 atom stereocenters. The van der Waals surface area contributed by atoms with E-state index in [1.165, 1.54) is 18.2 Å². The monoisotopic (exact) mass is 632 g/mol. The van der Waals surface area contributed by atoms with Crippen LogP contribution in [0.15, 0.2) is 136 Å². The lowest BCUT2D eigenvalue weighted by atomic mass is 10.1. The molecule has 45 heavy (non-hydrogen) atoms. The van der Waals surface area contributed by atoms with Crippen molar-refractivity contribution in [2.24, 2.45) is 0 Å². The van der Waals surface area contributed by atoms with Crippen LogP contribution in [0.25, 0.3) is 33.0 Å². The van der Waals surface area contributed by atoms with Gasteiger partial charge in [0.2, 0.25) is 9.84 Å². The van der Waals surface area contributed by atoms with Crippen LogP contribution in [-0.2, 0) is 19.9 Å². The Balaban J connectivity index is 1.56. The maximum Gasteiger partial charge on any atom is 0.263 e. The minimum absolute atomic E-state index is 0.00451. The van der Waals surface area contributed by atoms with Crippen LogP contribution in [0.4, 0.5) is 5.82 Å². The zero-order chi connectivity index (χ0) is 31.3. The lowest BCUT2D eigenvalue weighted by molar-refractivity contribution is 0.595. The van der Waals surface area contributed by atoms with Crippen LogP contribution < -0.4 is 4.72 Å². The highest BCUT2D eigenvalue weighted by atomic mass is 32.2. The molecule has 8 nitrogen and oxygen atoms in total. The van der Waals surface area contributed by atoms with Gasteiger partial charge in [0.25, 0.3) is 10.0 Å². The van der Waals surface area contributed by atoms with E-state index in [2.05, 4.69) is 4.72 Å². The smallest absolute Gasteiger partial charge is 0.263 e. The van der Waals surface area contributed by atoms with Gasteiger partial charge in [-0.2, -0.15) is 0 Å². The summed E-state index contributed by atoms with van der Waals surface area (Å²) in [5.41, 5.74) is 3.07. The molecule has 2 heterocycles. The van der Waals surface area contributed by atoms with Gasteiger partial charge in [0, 0.05) is 0 Å². The Morgan fingerprint density at radius 3 is 1.98 bits per heavy atom. The summed E-state index contributed by atoms with van der Waals surface area (Å²) in [5.74, 6) is -0.134. The number of nitrogens with zero attached hydrogens (tertiary/aromatic N) is 3. The average molecular weight is 633 g/mol. The molecule has 7 rings (SSSR count). The van der Waals surface area contributed by atoms with Crippen LogP contribution in [0, 0.1) is 6.92 Å². The Hall–Kier alpha value is -5.06. The number of para-hydroxylation sites is 2. The first-order valence-electron chi connectivity index (χ1n) is 14.3. The molecule has 5 aromatic carbocycles. The number of hydrogen-bond donors (Lipinski definition) is 1. The van der Waals surface area contributed by atoms with Crippen LogP contribution in [0.1, 0.15) is 24.1 Å². The standard InChI is InChI=1S/C35H28N4O4S2/c1-23-16-19-28(20-17-23)44(40,41)33-32-34(37-31-15-9-8-14-30(31)36-32)39(24(2)25-10-4-3-5-11-25)35(33)38-45(42,43)29-21-18-26-12-6-7-13-27(26)22-29/h3-22,24,38H,1-2H3/t24-/m1/s1. The molecule has 2 aromatic heterocycles. The molecule has 1 N–H and O–H groups in total. The van der Waals surface area contributed by atoms with Gasteiger partial charge >= 0.3 is 0 Å². The summed E-state index contributed by atoms with van der Waals surface area (Å²) < 4.78 is 61.8. The molecule has 0 aliphatic rings. The topological polar surface area (TPSA) is 111 Å². The first kappa shape index (κ1) is 28.7. The van der Waals surface area contributed by atoms with Crippen molar-refractivity contribution in [3.8, 4) is 0 Å². The van der Waals surface area contributed by atoms with Gasteiger partial charge in [-0.05, 0) is 66.6 Å². The van der Waals surface area contributed by atoms with Gasteiger partial charge in [-0.3, -0.25) is 4.72 Å².